The maximum atomic E-state index is 14.4. The fraction of sp³-hybridized carbons (Fsp3) is 0.588. The molecule has 0 radical (unpaired) electrons. The van der Waals surface area contributed by atoms with Gasteiger partial charge in [0.15, 0.2) is 0 Å². The summed E-state index contributed by atoms with van der Waals surface area (Å²) < 4.78 is 19.6. The number of rotatable bonds is 6. The summed E-state index contributed by atoms with van der Waals surface area (Å²) in [6.45, 7) is 6.27. The van der Waals surface area contributed by atoms with Crippen LogP contribution in [0, 0.1) is 5.82 Å². The summed E-state index contributed by atoms with van der Waals surface area (Å²) in [6.07, 6.45) is 1.15. The van der Waals surface area contributed by atoms with Crippen molar-refractivity contribution in [2.75, 3.05) is 37.8 Å². The number of morpholine rings is 1. The van der Waals surface area contributed by atoms with Gasteiger partial charge in [-0.2, -0.15) is 0 Å². The molecule has 1 fully saturated rings. The second-order valence-electron chi connectivity index (χ2n) is 6.11. The maximum absolute atomic E-state index is 14.4. The molecular formula is C17H25FN2O3. The number of nitrogens with zero attached hydrogens (tertiary/aromatic N) is 1. The SMILES string of the molecule is CCC(C)(CCO)NC(=O)c1ccc(N2CCOCC2)c(F)c1. The van der Waals surface area contributed by atoms with Gasteiger partial charge in [-0.15, -0.1) is 0 Å². The topological polar surface area (TPSA) is 61.8 Å². The van der Waals surface area contributed by atoms with Gasteiger partial charge in [-0.25, -0.2) is 4.39 Å². The quantitative estimate of drug-likeness (QED) is 0.839. The second-order valence-corrected chi connectivity index (χ2v) is 6.11. The lowest BCUT2D eigenvalue weighted by Gasteiger charge is -2.30. The minimum absolute atomic E-state index is 0.00501. The number of hydrogen-bond donors (Lipinski definition) is 2. The van der Waals surface area contributed by atoms with Crippen molar-refractivity contribution in [2.24, 2.45) is 0 Å². The smallest absolute Gasteiger partial charge is 0.251 e. The molecular weight excluding hydrogens is 299 g/mol. The zero-order valence-electron chi connectivity index (χ0n) is 13.8. The Morgan fingerprint density at radius 3 is 2.70 bits per heavy atom. The number of ether oxygens (including phenoxy) is 1. The summed E-state index contributed by atoms with van der Waals surface area (Å²) in [7, 11) is 0. The number of aliphatic hydroxyl groups excluding tert-OH is 1. The Kier molecular flexibility index (Phi) is 5.96. The summed E-state index contributed by atoms with van der Waals surface area (Å²) in [5.74, 6) is -0.727. The van der Waals surface area contributed by atoms with Crippen LogP contribution in [0.1, 0.15) is 37.0 Å². The van der Waals surface area contributed by atoms with E-state index in [1.807, 2.05) is 18.7 Å². The summed E-state index contributed by atoms with van der Waals surface area (Å²) in [5.41, 5.74) is 0.293. The van der Waals surface area contributed by atoms with Gasteiger partial charge in [0.1, 0.15) is 5.82 Å². The zero-order valence-corrected chi connectivity index (χ0v) is 13.8. The molecule has 6 heteroatoms. The highest BCUT2D eigenvalue weighted by atomic mass is 19.1. The van der Waals surface area contributed by atoms with Crippen molar-refractivity contribution < 1.29 is 19.0 Å². The lowest BCUT2D eigenvalue weighted by Crippen LogP contribution is -2.46. The monoisotopic (exact) mass is 324 g/mol. The maximum Gasteiger partial charge on any atom is 0.251 e. The van der Waals surface area contributed by atoms with E-state index in [-0.39, 0.29) is 18.1 Å². The van der Waals surface area contributed by atoms with Crippen LogP contribution in [0.25, 0.3) is 0 Å². The Labute approximate surface area is 136 Å². The molecule has 128 valence electrons. The average molecular weight is 324 g/mol. The van der Waals surface area contributed by atoms with E-state index in [0.717, 1.165) is 0 Å². The number of hydrogen-bond acceptors (Lipinski definition) is 4. The molecule has 0 saturated carbocycles. The Hall–Kier alpha value is -1.66. The number of benzene rings is 1. The predicted molar refractivity (Wildman–Crippen MR) is 87.3 cm³/mol. The van der Waals surface area contributed by atoms with E-state index in [2.05, 4.69) is 5.32 Å². The third-order valence-corrected chi connectivity index (χ3v) is 4.42. The normalized spacial score (nSPS) is 17.7. The van der Waals surface area contributed by atoms with E-state index in [1.165, 1.54) is 6.07 Å². The number of carbonyl (C=O) groups is 1. The van der Waals surface area contributed by atoms with Crippen LogP contribution in [0.2, 0.25) is 0 Å². The third-order valence-electron chi connectivity index (χ3n) is 4.42. The molecule has 1 aliphatic rings. The minimum Gasteiger partial charge on any atom is -0.396 e. The van der Waals surface area contributed by atoms with Crippen LogP contribution >= 0.6 is 0 Å². The van der Waals surface area contributed by atoms with Crippen LogP contribution in [0.4, 0.5) is 10.1 Å². The highest BCUT2D eigenvalue weighted by Gasteiger charge is 2.25. The Balaban J connectivity index is 2.11. The van der Waals surface area contributed by atoms with Crippen molar-refractivity contribution in [1.82, 2.24) is 5.32 Å². The van der Waals surface area contributed by atoms with Gasteiger partial charge < -0.3 is 20.1 Å². The molecule has 2 rings (SSSR count). The molecule has 1 saturated heterocycles. The molecule has 1 heterocycles. The van der Waals surface area contributed by atoms with Gasteiger partial charge in [-0.3, -0.25) is 4.79 Å². The Morgan fingerprint density at radius 2 is 2.13 bits per heavy atom. The number of carbonyl (C=O) groups excluding carboxylic acids is 1. The lowest BCUT2D eigenvalue weighted by molar-refractivity contribution is 0.0885. The van der Waals surface area contributed by atoms with Gasteiger partial charge in [0.05, 0.1) is 18.9 Å². The zero-order chi connectivity index (χ0) is 16.9. The molecule has 1 aliphatic heterocycles. The van der Waals surface area contributed by atoms with E-state index < -0.39 is 11.4 Å². The van der Waals surface area contributed by atoms with Gasteiger partial charge in [-0.1, -0.05) is 6.92 Å². The summed E-state index contributed by atoms with van der Waals surface area (Å²) >= 11 is 0. The molecule has 0 bridgehead atoms. The number of halogens is 1. The first-order valence-electron chi connectivity index (χ1n) is 8.04. The van der Waals surface area contributed by atoms with Gasteiger partial charge in [-0.05, 0) is 38.0 Å². The number of amides is 1. The summed E-state index contributed by atoms with van der Waals surface area (Å²) in [4.78, 5) is 14.3. The highest BCUT2D eigenvalue weighted by molar-refractivity contribution is 5.95. The van der Waals surface area contributed by atoms with Crippen molar-refractivity contribution in [3.8, 4) is 0 Å². The van der Waals surface area contributed by atoms with Crippen molar-refractivity contribution in [2.45, 2.75) is 32.2 Å². The number of anilines is 1. The second kappa shape index (κ2) is 7.75. The largest absolute Gasteiger partial charge is 0.396 e. The average Bonchev–Trinajstić information content (AvgIpc) is 2.55. The first-order chi connectivity index (χ1) is 11.0. The van der Waals surface area contributed by atoms with E-state index >= 15 is 0 Å². The van der Waals surface area contributed by atoms with Crippen LogP contribution in [-0.2, 0) is 4.74 Å². The van der Waals surface area contributed by atoms with Crippen molar-refractivity contribution >= 4 is 11.6 Å². The van der Waals surface area contributed by atoms with Gasteiger partial charge in [0, 0.05) is 30.8 Å². The molecule has 1 aromatic carbocycles. The van der Waals surface area contributed by atoms with E-state index in [9.17, 15) is 9.18 Å². The molecule has 1 amide bonds. The summed E-state index contributed by atoms with van der Waals surface area (Å²) in [5, 5.41) is 12.0. The number of nitrogens with one attached hydrogen (secondary N) is 1. The van der Waals surface area contributed by atoms with Gasteiger partial charge >= 0.3 is 0 Å². The fourth-order valence-corrected chi connectivity index (χ4v) is 2.63. The molecule has 5 nitrogen and oxygen atoms in total. The molecule has 23 heavy (non-hydrogen) atoms. The van der Waals surface area contributed by atoms with Crippen molar-refractivity contribution in [3.63, 3.8) is 0 Å². The molecule has 0 aromatic heterocycles. The highest BCUT2D eigenvalue weighted by Crippen LogP contribution is 2.22. The van der Waals surface area contributed by atoms with E-state index in [1.54, 1.807) is 12.1 Å². The minimum atomic E-state index is -0.495. The molecule has 1 unspecified atom stereocenters. The van der Waals surface area contributed by atoms with E-state index in [0.29, 0.717) is 44.8 Å². The standard InChI is InChI=1S/C17H25FN2O3/c1-3-17(2,6-9-21)19-16(22)13-4-5-15(14(18)12-13)20-7-10-23-11-8-20/h4-5,12,21H,3,6-11H2,1-2H3,(H,19,22). The van der Waals surface area contributed by atoms with Gasteiger partial charge in [0.25, 0.3) is 5.91 Å². The Morgan fingerprint density at radius 1 is 1.43 bits per heavy atom. The number of aliphatic hydroxyl groups is 1. The first kappa shape index (κ1) is 17.7. The van der Waals surface area contributed by atoms with Gasteiger partial charge in [0.2, 0.25) is 0 Å². The van der Waals surface area contributed by atoms with Crippen LogP contribution in [0.15, 0.2) is 18.2 Å². The van der Waals surface area contributed by atoms with Crippen molar-refractivity contribution in [1.29, 1.82) is 0 Å². The molecule has 0 aliphatic carbocycles. The molecule has 1 atom stereocenters. The first-order valence-corrected chi connectivity index (χ1v) is 8.04. The fourth-order valence-electron chi connectivity index (χ4n) is 2.63. The van der Waals surface area contributed by atoms with E-state index in [4.69, 9.17) is 9.84 Å². The van der Waals surface area contributed by atoms with Crippen LogP contribution in [0.3, 0.4) is 0 Å². The Bertz CT molecular complexity index is 547. The van der Waals surface area contributed by atoms with Crippen molar-refractivity contribution in [3.05, 3.63) is 29.6 Å². The molecule has 0 spiro atoms. The third kappa shape index (κ3) is 4.42. The lowest BCUT2D eigenvalue weighted by atomic mass is 9.94. The molecule has 1 aromatic rings. The molecule has 2 N–H and O–H groups in total. The van der Waals surface area contributed by atoms with Crippen LogP contribution in [0.5, 0.6) is 0 Å². The predicted octanol–water partition coefficient (Wildman–Crippen LogP) is 1.94. The van der Waals surface area contributed by atoms with Crippen LogP contribution < -0.4 is 10.2 Å². The van der Waals surface area contributed by atoms with Crippen LogP contribution in [-0.4, -0.2) is 49.5 Å². The summed E-state index contributed by atoms with van der Waals surface area (Å²) in [6, 6.07) is 4.55.